The van der Waals surface area contributed by atoms with Gasteiger partial charge in [-0.2, -0.15) is 14.9 Å². The Labute approximate surface area is 493 Å². The van der Waals surface area contributed by atoms with E-state index >= 15 is 0 Å². The summed E-state index contributed by atoms with van der Waals surface area (Å²) in [6.07, 6.45) is -0.469. The largest absolute Gasteiger partial charge is 0.506 e. The van der Waals surface area contributed by atoms with E-state index in [4.69, 9.17) is 32.8 Å². The molecule has 0 saturated heterocycles. The van der Waals surface area contributed by atoms with Gasteiger partial charge in [-0.25, -0.2) is 19.2 Å². The van der Waals surface area contributed by atoms with Crippen LogP contribution < -0.4 is 16.9 Å². The second-order valence-electron chi connectivity index (χ2n) is 17.1. The van der Waals surface area contributed by atoms with Crippen molar-refractivity contribution in [1.82, 2.24) is 0 Å². The number of carbonyl (C=O) groups is 1. The van der Waals surface area contributed by atoms with E-state index < -0.39 is 39.5 Å². The molecule has 3 aromatic heterocycles. The predicted molar refractivity (Wildman–Crippen MR) is 363 cm³/mol. The Morgan fingerprint density at radius 2 is 0.975 bits per heavy atom. The average molecular weight is 1160 g/mol. The van der Waals surface area contributed by atoms with Crippen LogP contribution in [0.15, 0.2) is 100 Å². The number of rotatable bonds is 0. The molecule has 0 bridgehead atoms. The van der Waals surface area contributed by atoms with Gasteiger partial charge in [-0.3, -0.25) is 0 Å². The van der Waals surface area contributed by atoms with Gasteiger partial charge in [-0.15, -0.1) is 11.1 Å². The van der Waals surface area contributed by atoms with Gasteiger partial charge < -0.3 is 23.1 Å². The molecule has 9 rings (SSSR count). The van der Waals surface area contributed by atoms with Gasteiger partial charge in [0.05, 0.1) is 10.9 Å². The van der Waals surface area contributed by atoms with Crippen molar-refractivity contribution >= 4 is 82.7 Å². The Morgan fingerprint density at radius 1 is 0.494 bits per heavy atom. The van der Waals surface area contributed by atoms with Crippen LogP contribution in [0.25, 0.3) is 54.5 Å². The number of cyclic esters (lactones) is 1. The van der Waals surface area contributed by atoms with Crippen LogP contribution in [0.2, 0.25) is 39.3 Å². The molecule has 1 aliphatic heterocycles. The van der Waals surface area contributed by atoms with Gasteiger partial charge in [-0.1, -0.05) is 208 Å². The Morgan fingerprint density at radius 3 is 1.48 bits per heavy atom. The number of nitrogens with zero attached hydrogens (tertiary/aromatic N) is 1. The lowest BCUT2D eigenvalue weighted by atomic mass is 9.95. The topological polar surface area (TPSA) is 195 Å². The number of hydrogen-bond donors (Lipinski definition) is 1. The molecular formula is C67H109NO11Si2. The minimum Gasteiger partial charge on any atom is -0.506 e. The smallest absolute Gasteiger partial charge is 0.373 e. The van der Waals surface area contributed by atoms with E-state index in [1.807, 2.05) is 51.1 Å². The van der Waals surface area contributed by atoms with E-state index in [2.05, 4.69) is 62.2 Å². The number of aromatic hydroxyl groups is 1. The van der Waals surface area contributed by atoms with Crippen LogP contribution in [0.3, 0.4) is 0 Å². The summed E-state index contributed by atoms with van der Waals surface area (Å²) in [4.78, 5) is 64.5. The van der Waals surface area contributed by atoms with Gasteiger partial charge in [0.25, 0.3) is 0 Å². The summed E-state index contributed by atoms with van der Waals surface area (Å²) in [7, 11) is -3.03. The average Bonchev–Trinajstić information content (AvgIpc) is 3.56. The third-order valence-electron chi connectivity index (χ3n) is 9.90. The van der Waals surface area contributed by atoms with Crippen molar-refractivity contribution < 1.29 is 37.5 Å². The molecule has 1 atom stereocenters. The molecule has 8 aromatic rings. The van der Waals surface area contributed by atoms with E-state index in [0.29, 0.717) is 38.3 Å². The third-order valence-corrected chi connectivity index (χ3v) is 11.7. The standard InChI is InChI=1S/C24H18O5Si.C15H16O2Si.C10H7NO2.CO2.17CH4/c1-12-6-5-7-14-17(12)22-19-18-15(23(26)29-22)10-13(8-9-30(2,3)4)11-16(18)28-24(27)20(19)21(14)25;1-11-9-12(7-8-18(2,3)4)10-14-13(11)5-6-15(16)17-14;1-6-3-2-4-7-9(6)8(5-11)13-10(7)12;2-1-3;;;;;;;;;;;;;;;;;/h5-7,10-11,25H,1-4H3;5-6,9-10H,1-4H3;2-4,8H,1H3;;17*1H4. The van der Waals surface area contributed by atoms with Crippen LogP contribution in [0.4, 0.5) is 0 Å². The first kappa shape index (κ1) is 102. The number of benzene rings is 5. The Hall–Kier alpha value is -7.80. The van der Waals surface area contributed by atoms with Crippen molar-refractivity contribution in [1.29, 1.82) is 5.26 Å². The number of aryl methyl sites for hydroxylation is 3. The summed E-state index contributed by atoms with van der Waals surface area (Å²) in [6.45, 7) is 18.7. The molecule has 0 aliphatic carbocycles. The van der Waals surface area contributed by atoms with E-state index in [-0.39, 0.29) is 166 Å². The number of fused-ring (bicyclic) bond motifs is 4. The predicted octanol–water partition coefficient (Wildman–Crippen LogP) is 20.2. The number of carbonyl (C=O) groups excluding carboxylic acids is 3. The molecule has 12 nitrogen and oxygen atoms in total. The van der Waals surface area contributed by atoms with Gasteiger partial charge in [0.2, 0.25) is 6.10 Å². The zero-order chi connectivity index (χ0) is 46.8. The Bertz CT molecular complexity index is 3590. The zero-order valence-electron chi connectivity index (χ0n) is 36.5. The van der Waals surface area contributed by atoms with Crippen LogP contribution in [-0.4, -0.2) is 33.4 Å². The number of phenolic OH excluding ortho intramolecular Hbond substituents is 1. The molecule has 0 radical (unpaired) electrons. The number of nitriles is 1. The van der Waals surface area contributed by atoms with E-state index in [9.17, 15) is 24.3 Å². The number of phenols is 1. The lowest BCUT2D eigenvalue weighted by molar-refractivity contribution is -0.191. The molecule has 1 N–H and O–H groups in total. The molecular weight excluding hydrogens is 1050 g/mol. The lowest BCUT2D eigenvalue weighted by Crippen LogP contribution is -2.16. The highest BCUT2D eigenvalue weighted by atomic mass is 28.3. The van der Waals surface area contributed by atoms with Gasteiger partial charge in [0, 0.05) is 49.7 Å². The summed E-state index contributed by atoms with van der Waals surface area (Å²) < 4.78 is 21.3. The molecule has 14 heteroatoms. The lowest BCUT2D eigenvalue weighted by Gasteiger charge is -2.13. The fourth-order valence-electron chi connectivity index (χ4n) is 7.16. The minimum absolute atomic E-state index is 0. The molecule has 0 amide bonds. The van der Waals surface area contributed by atoms with Crippen LogP contribution in [0, 0.1) is 55.0 Å². The first-order valence-corrected chi connectivity index (χ1v) is 26.9. The van der Waals surface area contributed by atoms with Crippen molar-refractivity contribution in [3.05, 3.63) is 143 Å². The quantitative estimate of drug-likeness (QED) is 0.0377. The van der Waals surface area contributed by atoms with Crippen molar-refractivity contribution in [2.75, 3.05) is 0 Å². The fourth-order valence-corrected chi connectivity index (χ4v) is 8.20. The zero-order valence-corrected chi connectivity index (χ0v) is 38.5. The first-order chi connectivity index (χ1) is 30.2. The monoisotopic (exact) mass is 1160 g/mol. The van der Waals surface area contributed by atoms with Gasteiger partial charge in [-0.05, 0) is 73.9 Å². The molecule has 456 valence electrons. The molecule has 5 aromatic carbocycles. The molecule has 0 fully saturated rings. The van der Waals surface area contributed by atoms with Crippen LogP contribution in [0.1, 0.15) is 176 Å². The third kappa shape index (κ3) is 22.0. The summed E-state index contributed by atoms with van der Waals surface area (Å²) in [5.41, 5.74) is 11.8. The number of hydrogen-bond acceptors (Lipinski definition) is 12. The number of ether oxygens (including phenoxy) is 1. The maximum atomic E-state index is 12.9. The summed E-state index contributed by atoms with van der Waals surface area (Å²) in [6, 6.07) is 23.1. The van der Waals surface area contributed by atoms with Crippen LogP contribution >= 0.6 is 0 Å². The molecule has 81 heavy (non-hydrogen) atoms. The van der Waals surface area contributed by atoms with Crippen molar-refractivity contribution in [2.24, 2.45) is 0 Å². The highest BCUT2D eigenvalue weighted by molar-refractivity contribution is 6.84. The highest BCUT2D eigenvalue weighted by Gasteiger charge is 2.32. The molecule has 4 heterocycles. The Balaban J connectivity index is -0.0000000828. The maximum Gasteiger partial charge on any atom is 0.373 e. The summed E-state index contributed by atoms with van der Waals surface area (Å²) in [5, 5.41) is 22.8. The normalized spacial score (nSPS) is 10.1. The van der Waals surface area contributed by atoms with Crippen molar-refractivity contribution in [2.45, 2.75) is 192 Å². The van der Waals surface area contributed by atoms with Crippen LogP contribution in [-0.2, 0) is 14.3 Å². The number of esters is 1. The van der Waals surface area contributed by atoms with E-state index in [1.165, 1.54) is 6.07 Å². The first-order valence-electron chi connectivity index (χ1n) is 19.9. The van der Waals surface area contributed by atoms with E-state index in [1.54, 1.807) is 42.5 Å². The summed E-state index contributed by atoms with van der Waals surface area (Å²) in [5.74, 6) is 5.72. The second-order valence-corrected chi connectivity index (χ2v) is 26.6. The molecule has 1 aliphatic rings. The SMILES string of the molecule is C.C.C.C.C.C.C.C.C.C.C.C.C.C.C.C.C.Cc1cc(C#C[Si](C)(C)C)cc2oc(=O)ccc12.Cc1cccc2c(O)c3c(=O)oc4cc(C#C[Si](C)(C)C)cc5c(=O)oc(c12)c3c45.Cc1cccc2c1C(C#N)OC2=O.O=C=O. The van der Waals surface area contributed by atoms with Gasteiger partial charge >= 0.3 is 29.0 Å². The fraction of sp³-hybridized carbons (Fsp3) is 0.403. The van der Waals surface area contributed by atoms with Crippen molar-refractivity contribution in [3.8, 4) is 34.7 Å². The maximum absolute atomic E-state index is 12.9. The molecule has 1 unspecified atom stereocenters. The van der Waals surface area contributed by atoms with Crippen LogP contribution in [0.5, 0.6) is 5.75 Å². The molecule has 0 saturated carbocycles. The highest BCUT2D eigenvalue weighted by Crippen LogP contribution is 2.42. The summed E-state index contributed by atoms with van der Waals surface area (Å²) >= 11 is 0. The Kier molecular flexibility index (Phi) is 50.8. The van der Waals surface area contributed by atoms with Crippen molar-refractivity contribution in [3.63, 3.8) is 0 Å². The second kappa shape index (κ2) is 40.4. The minimum atomic E-state index is -1.64. The van der Waals surface area contributed by atoms with Gasteiger partial charge in [0.15, 0.2) is 0 Å². The van der Waals surface area contributed by atoms with Gasteiger partial charge in [0.1, 0.15) is 50.1 Å². The van der Waals surface area contributed by atoms with E-state index in [0.717, 1.165) is 33.2 Å². The molecule has 0 spiro atoms.